The number of anilines is 1. The Hall–Kier alpha value is -1.55. The molecule has 0 unspecified atom stereocenters. The zero-order valence-electron chi connectivity index (χ0n) is 11.6. The van der Waals surface area contributed by atoms with Gasteiger partial charge in [-0.25, -0.2) is 0 Å². The van der Waals surface area contributed by atoms with Crippen LogP contribution in [0.25, 0.3) is 0 Å². The summed E-state index contributed by atoms with van der Waals surface area (Å²) in [5.74, 6) is -0.127. The van der Waals surface area contributed by atoms with Crippen LogP contribution in [0.4, 0.5) is 5.69 Å². The molecule has 110 valence electrons. The summed E-state index contributed by atoms with van der Waals surface area (Å²) in [6, 6.07) is 15.1. The van der Waals surface area contributed by atoms with E-state index in [-0.39, 0.29) is 12.5 Å². The summed E-state index contributed by atoms with van der Waals surface area (Å²) in [5, 5.41) is 3.55. The summed E-state index contributed by atoms with van der Waals surface area (Å²) in [5.41, 5.74) is 1.69. The lowest BCUT2D eigenvalue weighted by molar-refractivity contribution is -0.117. The van der Waals surface area contributed by atoms with E-state index in [2.05, 4.69) is 5.32 Å². The first-order valence-electron chi connectivity index (χ1n) is 6.52. The molecule has 2 aromatic rings. The number of likely N-dealkylation sites (N-methyl/N-ethyl adjacent to an activating group) is 1. The van der Waals surface area contributed by atoms with Crippen LogP contribution in [0.3, 0.4) is 0 Å². The van der Waals surface area contributed by atoms with E-state index in [9.17, 15) is 4.79 Å². The van der Waals surface area contributed by atoms with Gasteiger partial charge in [-0.2, -0.15) is 0 Å². The standard InChI is InChI=1S/C16H16Cl2N2O/c1-20(10-12-6-3-2-4-7-12)11-15(21)19-14-9-5-8-13(17)16(14)18/h2-9H,10-11H2,1H3,(H,19,21). The number of hydrogen-bond acceptors (Lipinski definition) is 2. The molecule has 0 aliphatic rings. The highest BCUT2D eigenvalue weighted by Gasteiger charge is 2.10. The van der Waals surface area contributed by atoms with Gasteiger partial charge < -0.3 is 5.32 Å². The molecule has 3 nitrogen and oxygen atoms in total. The Morgan fingerprint density at radius 1 is 1.10 bits per heavy atom. The van der Waals surface area contributed by atoms with Gasteiger partial charge in [0.25, 0.3) is 0 Å². The molecule has 1 N–H and O–H groups in total. The highest BCUT2D eigenvalue weighted by molar-refractivity contribution is 6.43. The second-order valence-corrected chi connectivity index (χ2v) is 5.59. The summed E-state index contributed by atoms with van der Waals surface area (Å²) in [4.78, 5) is 14.0. The van der Waals surface area contributed by atoms with Gasteiger partial charge in [0.15, 0.2) is 0 Å². The number of nitrogens with zero attached hydrogens (tertiary/aromatic N) is 1. The number of nitrogens with one attached hydrogen (secondary N) is 1. The second-order valence-electron chi connectivity index (χ2n) is 4.81. The summed E-state index contributed by atoms with van der Waals surface area (Å²) in [7, 11) is 1.89. The van der Waals surface area contributed by atoms with Gasteiger partial charge in [0.05, 0.1) is 22.3 Å². The Morgan fingerprint density at radius 3 is 2.52 bits per heavy atom. The molecule has 5 heteroatoms. The third kappa shape index (κ3) is 4.74. The fraction of sp³-hybridized carbons (Fsp3) is 0.188. The van der Waals surface area contributed by atoms with Gasteiger partial charge in [0.2, 0.25) is 5.91 Å². The van der Waals surface area contributed by atoms with Crippen molar-refractivity contribution in [3.63, 3.8) is 0 Å². The maximum Gasteiger partial charge on any atom is 0.238 e. The molecule has 1 amide bonds. The Kier molecular flexibility index (Phi) is 5.62. The number of rotatable bonds is 5. The molecule has 0 fully saturated rings. The quantitative estimate of drug-likeness (QED) is 0.900. The molecule has 0 saturated carbocycles. The van der Waals surface area contributed by atoms with Crippen molar-refractivity contribution in [1.29, 1.82) is 0 Å². The Bertz CT molecular complexity index is 617. The van der Waals surface area contributed by atoms with Gasteiger partial charge >= 0.3 is 0 Å². The van der Waals surface area contributed by atoms with Crippen molar-refractivity contribution in [3.05, 3.63) is 64.1 Å². The Balaban J connectivity index is 1.91. The smallest absolute Gasteiger partial charge is 0.238 e. The van der Waals surface area contributed by atoms with Gasteiger partial charge in [-0.05, 0) is 24.7 Å². The van der Waals surface area contributed by atoms with E-state index in [0.29, 0.717) is 22.3 Å². The van der Waals surface area contributed by atoms with Crippen molar-refractivity contribution in [2.24, 2.45) is 0 Å². The summed E-state index contributed by atoms with van der Waals surface area (Å²) >= 11 is 12.0. The lowest BCUT2D eigenvalue weighted by Gasteiger charge is -2.16. The van der Waals surface area contributed by atoms with Crippen LogP contribution in [0.15, 0.2) is 48.5 Å². The minimum Gasteiger partial charge on any atom is -0.324 e. The first kappa shape index (κ1) is 15.8. The van der Waals surface area contributed by atoms with Gasteiger partial charge in [-0.15, -0.1) is 0 Å². The third-order valence-electron chi connectivity index (χ3n) is 2.93. The van der Waals surface area contributed by atoms with Crippen LogP contribution in [-0.4, -0.2) is 24.4 Å². The minimum absolute atomic E-state index is 0.127. The zero-order chi connectivity index (χ0) is 15.2. The van der Waals surface area contributed by atoms with Crippen molar-refractivity contribution >= 4 is 34.8 Å². The molecule has 0 aliphatic heterocycles. The van der Waals surface area contributed by atoms with E-state index >= 15 is 0 Å². The second kappa shape index (κ2) is 7.46. The number of hydrogen-bond donors (Lipinski definition) is 1. The SMILES string of the molecule is CN(CC(=O)Nc1cccc(Cl)c1Cl)Cc1ccccc1. The van der Waals surface area contributed by atoms with Crippen molar-refractivity contribution in [2.75, 3.05) is 18.9 Å². The van der Waals surface area contributed by atoms with Crippen LogP contribution in [0.5, 0.6) is 0 Å². The lowest BCUT2D eigenvalue weighted by atomic mass is 10.2. The molecule has 0 aliphatic carbocycles. The van der Waals surface area contributed by atoms with E-state index in [1.165, 1.54) is 0 Å². The predicted octanol–water partition coefficient (Wildman–Crippen LogP) is 4.06. The molecule has 0 spiro atoms. The molecule has 0 bridgehead atoms. The van der Waals surface area contributed by atoms with E-state index < -0.39 is 0 Å². The number of amides is 1. The Labute approximate surface area is 134 Å². The molecule has 2 rings (SSSR count). The monoisotopic (exact) mass is 322 g/mol. The lowest BCUT2D eigenvalue weighted by Crippen LogP contribution is -2.29. The van der Waals surface area contributed by atoms with Gasteiger partial charge in [0, 0.05) is 6.54 Å². The molecular formula is C16H16Cl2N2O. The maximum atomic E-state index is 12.0. The Morgan fingerprint density at radius 2 is 1.81 bits per heavy atom. The average molecular weight is 323 g/mol. The first-order chi connectivity index (χ1) is 10.1. The van der Waals surface area contributed by atoms with Gasteiger partial charge in [0.1, 0.15) is 0 Å². The molecule has 0 aromatic heterocycles. The number of halogens is 2. The molecule has 0 radical (unpaired) electrons. The highest BCUT2D eigenvalue weighted by Crippen LogP contribution is 2.29. The third-order valence-corrected chi connectivity index (χ3v) is 3.75. The molecular weight excluding hydrogens is 307 g/mol. The first-order valence-corrected chi connectivity index (χ1v) is 7.28. The summed E-state index contributed by atoms with van der Waals surface area (Å²) < 4.78 is 0. The normalized spacial score (nSPS) is 10.7. The highest BCUT2D eigenvalue weighted by atomic mass is 35.5. The molecule has 0 atom stereocenters. The summed E-state index contributed by atoms with van der Waals surface area (Å²) in [6.07, 6.45) is 0. The van der Waals surface area contributed by atoms with E-state index in [0.717, 1.165) is 5.56 Å². The largest absolute Gasteiger partial charge is 0.324 e. The molecule has 0 saturated heterocycles. The van der Waals surface area contributed by atoms with Crippen LogP contribution in [0.2, 0.25) is 10.0 Å². The zero-order valence-corrected chi connectivity index (χ0v) is 13.2. The van der Waals surface area contributed by atoms with Gasteiger partial charge in [-0.3, -0.25) is 9.69 Å². The van der Waals surface area contributed by atoms with Crippen LogP contribution in [-0.2, 0) is 11.3 Å². The maximum absolute atomic E-state index is 12.0. The van der Waals surface area contributed by atoms with Crippen molar-refractivity contribution in [2.45, 2.75) is 6.54 Å². The molecule has 2 aromatic carbocycles. The number of carbonyl (C=O) groups is 1. The molecule has 0 heterocycles. The van der Waals surface area contributed by atoms with Crippen molar-refractivity contribution < 1.29 is 4.79 Å². The van der Waals surface area contributed by atoms with Gasteiger partial charge in [-0.1, -0.05) is 59.6 Å². The number of benzene rings is 2. The average Bonchev–Trinajstić information content (AvgIpc) is 2.44. The van der Waals surface area contributed by atoms with Crippen LogP contribution in [0.1, 0.15) is 5.56 Å². The van der Waals surface area contributed by atoms with Crippen LogP contribution >= 0.6 is 23.2 Å². The van der Waals surface area contributed by atoms with E-state index in [1.807, 2.05) is 42.3 Å². The topological polar surface area (TPSA) is 32.3 Å². The van der Waals surface area contributed by atoms with E-state index in [4.69, 9.17) is 23.2 Å². The van der Waals surface area contributed by atoms with Crippen molar-refractivity contribution in [3.8, 4) is 0 Å². The van der Waals surface area contributed by atoms with Crippen LogP contribution in [0, 0.1) is 0 Å². The minimum atomic E-state index is -0.127. The van der Waals surface area contributed by atoms with Crippen LogP contribution < -0.4 is 5.32 Å². The number of carbonyl (C=O) groups excluding carboxylic acids is 1. The molecule has 21 heavy (non-hydrogen) atoms. The van der Waals surface area contributed by atoms with Crippen molar-refractivity contribution in [1.82, 2.24) is 4.90 Å². The predicted molar refractivity (Wildman–Crippen MR) is 87.9 cm³/mol. The summed E-state index contributed by atoms with van der Waals surface area (Å²) in [6.45, 7) is 0.981. The fourth-order valence-electron chi connectivity index (χ4n) is 1.99. The van der Waals surface area contributed by atoms with E-state index in [1.54, 1.807) is 18.2 Å². The fourth-order valence-corrected chi connectivity index (χ4v) is 2.33.